The van der Waals surface area contributed by atoms with Crippen molar-refractivity contribution in [2.45, 2.75) is 0 Å². The van der Waals surface area contributed by atoms with E-state index in [1.807, 2.05) is 24.3 Å². The van der Waals surface area contributed by atoms with Crippen molar-refractivity contribution >= 4 is 34.6 Å². The number of pyridine rings is 1. The summed E-state index contributed by atoms with van der Waals surface area (Å²) in [6, 6.07) is 9.53. The topological polar surface area (TPSA) is 80.5 Å². The van der Waals surface area contributed by atoms with Crippen LogP contribution in [0.2, 0.25) is 5.15 Å². The highest BCUT2D eigenvalue weighted by atomic mass is 35.5. The number of hydrogen-bond acceptors (Lipinski definition) is 5. The zero-order chi connectivity index (χ0) is 16.2. The minimum atomic E-state index is -0.554. The summed E-state index contributed by atoms with van der Waals surface area (Å²) in [6.45, 7) is 3.27. The van der Waals surface area contributed by atoms with E-state index in [2.05, 4.69) is 15.2 Å². The normalized spacial score (nSPS) is 14.6. The molecule has 23 heavy (non-hydrogen) atoms. The molecule has 7 heteroatoms. The molecule has 1 aliphatic rings. The lowest BCUT2D eigenvalue weighted by atomic mass is 10.2. The molecule has 2 heterocycles. The van der Waals surface area contributed by atoms with Crippen LogP contribution < -0.4 is 16.0 Å². The molecule has 2 aromatic rings. The van der Waals surface area contributed by atoms with Crippen LogP contribution in [0.4, 0.5) is 17.1 Å². The third-order valence-electron chi connectivity index (χ3n) is 3.66. The van der Waals surface area contributed by atoms with Crippen LogP contribution in [0.25, 0.3) is 0 Å². The molecule has 6 nitrogen and oxygen atoms in total. The molecule has 0 unspecified atom stereocenters. The molecule has 0 spiro atoms. The Morgan fingerprint density at radius 3 is 2.61 bits per heavy atom. The molecule has 1 aliphatic heterocycles. The van der Waals surface area contributed by atoms with Crippen LogP contribution >= 0.6 is 11.6 Å². The molecule has 1 aromatic carbocycles. The predicted octanol–water partition coefficient (Wildman–Crippen LogP) is 2.41. The van der Waals surface area contributed by atoms with Crippen LogP contribution in [-0.2, 0) is 4.74 Å². The lowest BCUT2D eigenvalue weighted by Crippen LogP contribution is -2.36. The Balaban J connectivity index is 1.78. The molecule has 1 saturated heterocycles. The van der Waals surface area contributed by atoms with Gasteiger partial charge in [-0.1, -0.05) is 11.6 Å². The van der Waals surface area contributed by atoms with Crippen molar-refractivity contribution in [1.29, 1.82) is 0 Å². The maximum atomic E-state index is 11.5. The molecule has 0 saturated carbocycles. The number of nitrogens with two attached hydrogens (primary N) is 1. The third kappa shape index (κ3) is 3.72. The number of hydrogen-bond donors (Lipinski definition) is 2. The maximum absolute atomic E-state index is 11.5. The first-order valence-corrected chi connectivity index (χ1v) is 7.66. The molecular formula is C16H17ClN4O2. The fourth-order valence-corrected chi connectivity index (χ4v) is 2.62. The first-order valence-electron chi connectivity index (χ1n) is 7.28. The highest BCUT2D eigenvalue weighted by molar-refractivity contribution is 6.29. The van der Waals surface area contributed by atoms with E-state index in [1.54, 1.807) is 6.07 Å². The van der Waals surface area contributed by atoms with Gasteiger partial charge >= 0.3 is 0 Å². The van der Waals surface area contributed by atoms with Gasteiger partial charge in [-0.15, -0.1) is 0 Å². The lowest BCUT2D eigenvalue weighted by Gasteiger charge is -2.29. The number of benzene rings is 1. The van der Waals surface area contributed by atoms with E-state index in [0.29, 0.717) is 16.4 Å². The van der Waals surface area contributed by atoms with Crippen molar-refractivity contribution in [3.05, 3.63) is 47.2 Å². The number of rotatable bonds is 4. The molecule has 0 bridgehead atoms. The summed E-state index contributed by atoms with van der Waals surface area (Å²) in [4.78, 5) is 17.6. The molecule has 1 amide bonds. The summed E-state index contributed by atoms with van der Waals surface area (Å²) in [6.07, 6.45) is 1.37. The van der Waals surface area contributed by atoms with Gasteiger partial charge in [0, 0.05) is 30.7 Å². The zero-order valence-electron chi connectivity index (χ0n) is 12.5. The van der Waals surface area contributed by atoms with Crippen molar-refractivity contribution < 1.29 is 9.53 Å². The summed E-state index contributed by atoms with van der Waals surface area (Å²) in [5.41, 5.74) is 8.18. The first kappa shape index (κ1) is 15.6. The smallest absolute Gasteiger partial charge is 0.252 e. The van der Waals surface area contributed by atoms with Crippen LogP contribution in [0, 0.1) is 0 Å². The second-order valence-corrected chi connectivity index (χ2v) is 5.58. The van der Waals surface area contributed by atoms with Crippen LogP contribution in [0.3, 0.4) is 0 Å². The molecule has 1 aromatic heterocycles. The highest BCUT2D eigenvalue weighted by Crippen LogP contribution is 2.25. The summed E-state index contributed by atoms with van der Waals surface area (Å²) in [5.74, 6) is -0.554. The van der Waals surface area contributed by atoms with Crippen LogP contribution in [0.1, 0.15) is 10.4 Å². The molecule has 3 N–H and O–H groups in total. The fourth-order valence-electron chi connectivity index (χ4n) is 2.46. The van der Waals surface area contributed by atoms with Crippen molar-refractivity contribution in [2.24, 2.45) is 5.73 Å². The number of halogens is 1. The van der Waals surface area contributed by atoms with Gasteiger partial charge in [-0.05, 0) is 30.3 Å². The minimum absolute atomic E-state index is 0.294. The Bertz CT molecular complexity index is 700. The number of ether oxygens (including phenoxy) is 1. The molecule has 120 valence electrons. The van der Waals surface area contributed by atoms with E-state index < -0.39 is 5.91 Å². The molecular weight excluding hydrogens is 316 g/mol. The quantitative estimate of drug-likeness (QED) is 0.840. The largest absolute Gasteiger partial charge is 0.378 e. The Kier molecular flexibility index (Phi) is 4.64. The number of aromatic nitrogens is 1. The Morgan fingerprint density at radius 1 is 1.26 bits per heavy atom. The summed E-state index contributed by atoms with van der Waals surface area (Å²) in [5, 5.41) is 3.45. The Hall–Kier alpha value is -2.31. The van der Waals surface area contributed by atoms with Gasteiger partial charge in [-0.25, -0.2) is 4.98 Å². The fraction of sp³-hybridized carbons (Fsp3) is 0.250. The third-order valence-corrected chi connectivity index (χ3v) is 3.87. The number of primary amides is 1. The van der Waals surface area contributed by atoms with Gasteiger partial charge in [0.2, 0.25) is 0 Å². The molecule has 1 fully saturated rings. The summed E-state index contributed by atoms with van der Waals surface area (Å²) >= 11 is 5.89. The number of carbonyl (C=O) groups is 1. The monoisotopic (exact) mass is 332 g/mol. The molecule has 0 radical (unpaired) electrons. The zero-order valence-corrected chi connectivity index (χ0v) is 13.2. The number of nitrogens with zero attached hydrogens (tertiary/aromatic N) is 2. The van der Waals surface area contributed by atoms with Crippen molar-refractivity contribution in [1.82, 2.24) is 4.98 Å². The van der Waals surface area contributed by atoms with Crippen molar-refractivity contribution in [2.75, 3.05) is 36.5 Å². The predicted molar refractivity (Wildman–Crippen MR) is 90.5 cm³/mol. The van der Waals surface area contributed by atoms with Gasteiger partial charge in [0.15, 0.2) is 0 Å². The van der Waals surface area contributed by atoms with E-state index in [0.717, 1.165) is 37.7 Å². The van der Waals surface area contributed by atoms with E-state index in [9.17, 15) is 4.79 Å². The maximum Gasteiger partial charge on any atom is 0.252 e. The average Bonchev–Trinajstić information content (AvgIpc) is 2.56. The second kappa shape index (κ2) is 6.85. The Labute approximate surface area is 139 Å². The second-order valence-electron chi connectivity index (χ2n) is 5.19. The number of amides is 1. The summed E-state index contributed by atoms with van der Waals surface area (Å²) < 4.78 is 5.35. The van der Waals surface area contributed by atoms with Gasteiger partial charge in [-0.3, -0.25) is 4.79 Å². The summed E-state index contributed by atoms with van der Waals surface area (Å²) in [7, 11) is 0. The van der Waals surface area contributed by atoms with E-state index in [4.69, 9.17) is 22.1 Å². The van der Waals surface area contributed by atoms with Crippen molar-refractivity contribution in [3.8, 4) is 0 Å². The van der Waals surface area contributed by atoms with Gasteiger partial charge in [-0.2, -0.15) is 0 Å². The minimum Gasteiger partial charge on any atom is -0.378 e. The number of nitrogens with one attached hydrogen (secondary N) is 1. The van der Waals surface area contributed by atoms with Crippen LogP contribution in [0.15, 0.2) is 36.5 Å². The first-order chi connectivity index (χ1) is 11.1. The van der Waals surface area contributed by atoms with E-state index in [1.165, 1.54) is 6.20 Å². The van der Waals surface area contributed by atoms with E-state index >= 15 is 0 Å². The van der Waals surface area contributed by atoms with Gasteiger partial charge in [0.25, 0.3) is 5.91 Å². The van der Waals surface area contributed by atoms with Gasteiger partial charge in [0.1, 0.15) is 5.15 Å². The molecule has 0 aliphatic carbocycles. The average molecular weight is 333 g/mol. The van der Waals surface area contributed by atoms with Gasteiger partial charge < -0.3 is 20.7 Å². The number of morpholine rings is 1. The van der Waals surface area contributed by atoms with E-state index in [-0.39, 0.29) is 0 Å². The molecule has 3 rings (SSSR count). The van der Waals surface area contributed by atoms with Crippen LogP contribution in [0.5, 0.6) is 0 Å². The van der Waals surface area contributed by atoms with Gasteiger partial charge in [0.05, 0.1) is 24.5 Å². The number of anilines is 3. The SMILES string of the molecule is NC(=O)c1cnc(Cl)cc1Nc1ccc(N2CCOCC2)cc1. The standard InChI is InChI=1S/C16H17ClN4O2/c17-15-9-14(13(10-19-15)16(18)22)20-11-1-3-12(4-2-11)21-5-7-23-8-6-21/h1-4,9-10H,5-8H2,(H2,18,22)(H,19,20). The van der Waals surface area contributed by atoms with Crippen molar-refractivity contribution in [3.63, 3.8) is 0 Å². The Morgan fingerprint density at radius 2 is 1.96 bits per heavy atom. The van der Waals surface area contributed by atoms with Crippen LogP contribution in [-0.4, -0.2) is 37.2 Å². The molecule has 0 atom stereocenters. The lowest BCUT2D eigenvalue weighted by molar-refractivity contribution is 0.100. The number of carbonyl (C=O) groups excluding carboxylic acids is 1. The highest BCUT2D eigenvalue weighted by Gasteiger charge is 2.12.